The lowest BCUT2D eigenvalue weighted by molar-refractivity contribution is 0.528. The van der Waals surface area contributed by atoms with Gasteiger partial charge in [-0.15, -0.1) is 0 Å². The van der Waals surface area contributed by atoms with Crippen LogP contribution in [0.2, 0.25) is 0 Å². The minimum Gasteiger partial charge on any atom is -0.264 e. The molecule has 0 fully saturated rings. The van der Waals surface area contributed by atoms with Crippen LogP contribution in [0.25, 0.3) is 0 Å². The Balaban J connectivity index is 2.52. The van der Waals surface area contributed by atoms with Crippen molar-refractivity contribution in [2.75, 3.05) is 0 Å². The fraction of sp³-hybridized carbons (Fsp3) is 0.250. The first kappa shape index (κ1) is 14.6. The Morgan fingerprint density at radius 2 is 1.80 bits per heavy atom. The molecule has 0 aliphatic carbocycles. The summed E-state index contributed by atoms with van der Waals surface area (Å²) in [4.78, 5) is -0.116. The minimum absolute atomic E-state index is 0.116. The molecule has 0 spiro atoms. The number of benzene rings is 1. The average Bonchev–Trinajstić information content (AvgIpc) is 2.58. The molecule has 8 heteroatoms. The third kappa shape index (κ3) is 2.56. The second-order valence-electron chi connectivity index (χ2n) is 4.40. The number of aryl methyl sites for hydroxylation is 1. The number of halogens is 2. The molecule has 0 saturated carbocycles. The maximum Gasteiger partial charge on any atom is 0.241 e. The van der Waals surface area contributed by atoms with Crippen LogP contribution in [0.5, 0.6) is 0 Å². The number of sulfonamides is 1. The van der Waals surface area contributed by atoms with Gasteiger partial charge in [0.2, 0.25) is 10.0 Å². The van der Waals surface area contributed by atoms with Gasteiger partial charge in [0.05, 0.1) is 17.9 Å². The lowest BCUT2D eigenvalue weighted by Gasteiger charge is -2.07. The molecule has 0 bridgehead atoms. The van der Waals surface area contributed by atoms with Gasteiger partial charge < -0.3 is 0 Å². The number of nitrogens with zero attached hydrogens (tertiary/aromatic N) is 2. The molecule has 1 aromatic carbocycles. The van der Waals surface area contributed by atoms with Gasteiger partial charge in [0.25, 0.3) is 0 Å². The van der Waals surface area contributed by atoms with E-state index in [2.05, 4.69) is 5.10 Å². The van der Waals surface area contributed by atoms with Crippen LogP contribution < -0.4 is 5.14 Å². The molecule has 1 heterocycles. The molecule has 0 amide bonds. The molecular formula is C12H13F2N3O2S. The van der Waals surface area contributed by atoms with E-state index in [9.17, 15) is 17.2 Å². The third-order valence-corrected chi connectivity index (χ3v) is 4.13. The normalized spacial score (nSPS) is 11.8. The van der Waals surface area contributed by atoms with E-state index in [0.29, 0.717) is 0 Å². The molecular weight excluding hydrogens is 288 g/mol. The molecule has 2 N–H and O–H groups in total. The lowest BCUT2D eigenvalue weighted by Crippen LogP contribution is -2.15. The van der Waals surface area contributed by atoms with Gasteiger partial charge >= 0.3 is 0 Å². The van der Waals surface area contributed by atoms with E-state index in [1.165, 1.54) is 24.6 Å². The summed E-state index contributed by atoms with van der Waals surface area (Å²) in [5.74, 6) is -1.43. The van der Waals surface area contributed by atoms with Crippen molar-refractivity contribution in [3.05, 3.63) is 46.8 Å². The molecule has 0 atom stereocenters. The molecule has 1 aromatic heterocycles. The number of primary sulfonamides is 1. The standard InChI is InChI=1S/C12H13F2N3O2S/c1-7-12(20(15,18)19)8(2)17(16-7)6-9-10(13)4-3-5-11(9)14/h3-5H,6H2,1-2H3,(H2,15,18,19). The van der Waals surface area contributed by atoms with Crippen molar-refractivity contribution in [2.24, 2.45) is 5.14 Å². The average molecular weight is 301 g/mol. The SMILES string of the molecule is Cc1nn(Cc2c(F)cccc2F)c(C)c1S(N)(=O)=O. The van der Waals surface area contributed by atoms with Gasteiger partial charge in [-0.05, 0) is 26.0 Å². The highest BCUT2D eigenvalue weighted by molar-refractivity contribution is 7.89. The van der Waals surface area contributed by atoms with Crippen LogP contribution >= 0.6 is 0 Å². The van der Waals surface area contributed by atoms with Crippen LogP contribution in [0.4, 0.5) is 8.78 Å². The van der Waals surface area contributed by atoms with E-state index in [1.807, 2.05) is 0 Å². The fourth-order valence-corrected chi connectivity index (χ4v) is 3.05. The molecule has 0 unspecified atom stereocenters. The summed E-state index contributed by atoms with van der Waals surface area (Å²) in [7, 11) is -3.93. The van der Waals surface area contributed by atoms with E-state index in [1.54, 1.807) is 0 Å². The largest absolute Gasteiger partial charge is 0.264 e. The van der Waals surface area contributed by atoms with Crippen LogP contribution in [-0.2, 0) is 16.6 Å². The topological polar surface area (TPSA) is 78.0 Å². The minimum atomic E-state index is -3.93. The Morgan fingerprint density at radius 3 is 2.25 bits per heavy atom. The summed E-state index contributed by atoms with van der Waals surface area (Å²) in [6.45, 7) is 2.75. The van der Waals surface area contributed by atoms with Crippen molar-refractivity contribution < 1.29 is 17.2 Å². The molecule has 20 heavy (non-hydrogen) atoms. The predicted octanol–water partition coefficient (Wildman–Crippen LogP) is 1.47. The van der Waals surface area contributed by atoms with Crippen LogP contribution in [0.1, 0.15) is 17.0 Å². The van der Waals surface area contributed by atoms with Crippen molar-refractivity contribution in [1.82, 2.24) is 9.78 Å². The quantitative estimate of drug-likeness (QED) is 0.932. The summed E-state index contributed by atoms with van der Waals surface area (Å²) >= 11 is 0. The van der Waals surface area contributed by atoms with Gasteiger partial charge in [0, 0.05) is 5.56 Å². The zero-order valence-corrected chi connectivity index (χ0v) is 11.7. The van der Waals surface area contributed by atoms with E-state index in [4.69, 9.17) is 5.14 Å². The predicted molar refractivity (Wildman–Crippen MR) is 68.5 cm³/mol. The van der Waals surface area contributed by atoms with Crippen molar-refractivity contribution in [3.8, 4) is 0 Å². The lowest BCUT2D eigenvalue weighted by atomic mass is 10.2. The zero-order valence-electron chi connectivity index (χ0n) is 10.9. The first-order valence-corrected chi connectivity index (χ1v) is 7.26. The Hall–Kier alpha value is -1.80. The second-order valence-corrected chi connectivity index (χ2v) is 5.90. The Labute approximate surface area is 115 Å². The molecule has 0 saturated heterocycles. The van der Waals surface area contributed by atoms with Crippen molar-refractivity contribution in [2.45, 2.75) is 25.3 Å². The molecule has 0 aliphatic heterocycles. The molecule has 2 rings (SSSR count). The Kier molecular flexibility index (Phi) is 3.61. The number of nitrogens with two attached hydrogens (primary N) is 1. The van der Waals surface area contributed by atoms with Gasteiger partial charge in [0.15, 0.2) is 0 Å². The molecule has 108 valence electrons. The summed E-state index contributed by atoms with van der Waals surface area (Å²) < 4.78 is 51.3. The fourth-order valence-electron chi connectivity index (χ4n) is 2.08. The van der Waals surface area contributed by atoms with E-state index < -0.39 is 21.7 Å². The third-order valence-electron chi connectivity index (χ3n) is 2.97. The van der Waals surface area contributed by atoms with Gasteiger partial charge in [-0.1, -0.05) is 6.07 Å². The molecule has 5 nitrogen and oxygen atoms in total. The molecule has 0 radical (unpaired) electrons. The van der Waals surface area contributed by atoms with Crippen molar-refractivity contribution in [1.29, 1.82) is 0 Å². The van der Waals surface area contributed by atoms with Crippen molar-refractivity contribution in [3.63, 3.8) is 0 Å². The van der Waals surface area contributed by atoms with E-state index >= 15 is 0 Å². The number of aromatic nitrogens is 2. The Bertz CT molecular complexity index is 749. The summed E-state index contributed by atoms with van der Waals surface area (Å²) in [6, 6.07) is 3.51. The number of hydrogen-bond donors (Lipinski definition) is 1. The maximum absolute atomic E-state index is 13.6. The van der Waals surface area contributed by atoms with Gasteiger partial charge in [-0.3, -0.25) is 4.68 Å². The Morgan fingerprint density at radius 1 is 1.25 bits per heavy atom. The maximum atomic E-state index is 13.6. The van der Waals surface area contributed by atoms with Crippen LogP contribution in [0.3, 0.4) is 0 Å². The number of rotatable bonds is 3. The van der Waals surface area contributed by atoms with Crippen molar-refractivity contribution >= 4 is 10.0 Å². The van der Waals surface area contributed by atoms with E-state index in [0.717, 1.165) is 12.1 Å². The highest BCUT2D eigenvalue weighted by Crippen LogP contribution is 2.20. The van der Waals surface area contributed by atoms with Crippen LogP contribution in [0, 0.1) is 25.5 Å². The highest BCUT2D eigenvalue weighted by Gasteiger charge is 2.22. The van der Waals surface area contributed by atoms with Gasteiger partial charge in [0.1, 0.15) is 16.5 Å². The van der Waals surface area contributed by atoms with Gasteiger partial charge in [-0.25, -0.2) is 22.3 Å². The van der Waals surface area contributed by atoms with Gasteiger partial charge in [-0.2, -0.15) is 5.10 Å². The van der Waals surface area contributed by atoms with Crippen LogP contribution in [0.15, 0.2) is 23.1 Å². The van der Waals surface area contributed by atoms with E-state index in [-0.39, 0.29) is 28.4 Å². The van der Waals surface area contributed by atoms with Crippen LogP contribution in [-0.4, -0.2) is 18.2 Å². The molecule has 0 aliphatic rings. The molecule has 2 aromatic rings. The summed E-state index contributed by atoms with van der Waals surface area (Å²) in [5, 5.41) is 9.07. The summed E-state index contributed by atoms with van der Waals surface area (Å²) in [5.41, 5.74) is 0.258. The number of hydrogen-bond acceptors (Lipinski definition) is 3. The monoisotopic (exact) mass is 301 g/mol. The zero-order chi connectivity index (χ0) is 15.1. The second kappa shape index (κ2) is 4.95. The first-order chi connectivity index (χ1) is 9.21. The first-order valence-electron chi connectivity index (χ1n) is 5.71. The summed E-state index contributed by atoms with van der Waals surface area (Å²) in [6.07, 6.45) is 0. The highest BCUT2D eigenvalue weighted by atomic mass is 32.2. The smallest absolute Gasteiger partial charge is 0.241 e.